The third-order valence-corrected chi connectivity index (χ3v) is 4.10. The highest BCUT2D eigenvalue weighted by molar-refractivity contribution is 5.56. The van der Waals surface area contributed by atoms with Crippen molar-refractivity contribution in [2.24, 2.45) is 0 Å². The van der Waals surface area contributed by atoms with Crippen molar-refractivity contribution >= 4 is 5.82 Å². The molecule has 24 heavy (non-hydrogen) atoms. The van der Waals surface area contributed by atoms with Gasteiger partial charge in [-0.1, -0.05) is 48.5 Å². The molecule has 0 aliphatic carbocycles. The SMILES string of the molecule is Cc1c(C#N)c(=O)c(Cc2ccccc2)c(N)n1-c1ccccc1. The van der Waals surface area contributed by atoms with Crippen LogP contribution in [0, 0.1) is 18.3 Å². The Hall–Kier alpha value is -3.32. The second kappa shape index (κ2) is 6.43. The van der Waals surface area contributed by atoms with Gasteiger partial charge in [0.2, 0.25) is 5.43 Å². The third kappa shape index (κ3) is 2.68. The summed E-state index contributed by atoms with van der Waals surface area (Å²) in [6.07, 6.45) is 0.396. The van der Waals surface area contributed by atoms with E-state index in [-0.39, 0.29) is 11.0 Å². The van der Waals surface area contributed by atoms with Crippen LogP contribution in [0.25, 0.3) is 5.69 Å². The fourth-order valence-corrected chi connectivity index (χ4v) is 2.87. The number of hydrogen-bond acceptors (Lipinski definition) is 3. The van der Waals surface area contributed by atoms with Gasteiger partial charge in [-0.15, -0.1) is 0 Å². The molecule has 4 nitrogen and oxygen atoms in total. The van der Waals surface area contributed by atoms with Gasteiger partial charge in [0, 0.05) is 23.4 Å². The molecule has 0 fully saturated rings. The number of nitrogens with two attached hydrogens (primary N) is 1. The van der Waals surface area contributed by atoms with Crippen LogP contribution in [0.2, 0.25) is 0 Å². The highest BCUT2D eigenvalue weighted by Crippen LogP contribution is 2.22. The molecule has 0 bridgehead atoms. The van der Waals surface area contributed by atoms with Crippen LogP contribution in [0.15, 0.2) is 65.5 Å². The van der Waals surface area contributed by atoms with Crippen LogP contribution in [0.5, 0.6) is 0 Å². The van der Waals surface area contributed by atoms with Crippen molar-refractivity contribution in [1.82, 2.24) is 4.57 Å². The topological polar surface area (TPSA) is 71.8 Å². The quantitative estimate of drug-likeness (QED) is 0.807. The maximum absolute atomic E-state index is 12.7. The summed E-state index contributed by atoms with van der Waals surface area (Å²) in [5.74, 6) is 0.381. The molecule has 0 aliphatic heterocycles. The van der Waals surface area contributed by atoms with Crippen LogP contribution < -0.4 is 11.2 Å². The lowest BCUT2D eigenvalue weighted by atomic mass is 10.0. The predicted molar refractivity (Wildman–Crippen MR) is 95.2 cm³/mol. The van der Waals surface area contributed by atoms with E-state index in [1.807, 2.05) is 66.7 Å². The summed E-state index contributed by atoms with van der Waals surface area (Å²) in [5, 5.41) is 9.45. The highest BCUT2D eigenvalue weighted by atomic mass is 16.1. The Morgan fingerprint density at radius 1 is 1.04 bits per heavy atom. The number of para-hydroxylation sites is 1. The predicted octanol–water partition coefficient (Wildman–Crippen LogP) is 3.19. The maximum atomic E-state index is 12.7. The lowest BCUT2D eigenvalue weighted by Crippen LogP contribution is -2.23. The number of hydrogen-bond donors (Lipinski definition) is 1. The van der Waals surface area contributed by atoms with E-state index in [1.165, 1.54) is 0 Å². The van der Waals surface area contributed by atoms with Gasteiger partial charge in [0.15, 0.2) is 0 Å². The van der Waals surface area contributed by atoms with Crippen LogP contribution in [-0.4, -0.2) is 4.57 Å². The molecule has 2 aromatic carbocycles. The van der Waals surface area contributed by atoms with Crippen molar-refractivity contribution in [2.45, 2.75) is 13.3 Å². The zero-order chi connectivity index (χ0) is 17.1. The molecule has 3 rings (SSSR count). The number of nitrogens with zero attached hydrogens (tertiary/aromatic N) is 2. The molecule has 0 unspecified atom stereocenters. The Kier molecular flexibility index (Phi) is 4.17. The van der Waals surface area contributed by atoms with E-state index in [9.17, 15) is 10.1 Å². The van der Waals surface area contributed by atoms with Crippen molar-refractivity contribution < 1.29 is 0 Å². The van der Waals surface area contributed by atoms with Crippen LogP contribution in [0.4, 0.5) is 5.82 Å². The van der Waals surface area contributed by atoms with Gasteiger partial charge in [0.1, 0.15) is 17.5 Å². The van der Waals surface area contributed by atoms with Crippen molar-refractivity contribution in [3.8, 4) is 11.8 Å². The molecule has 0 amide bonds. The molecule has 1 aromatic heterocycles. The number of pyridine rings is 1. The van der Waals surface area contributed by atoms with Crippen molar-refractivity contribution in [3.63, 3.8) is 0 Å². The number of anilines is 1. The number of nitriles is 1. The first-order chi connectivity index (χ1) is 11.6. The van der Waals surface area contributed by atoms with Gasteiger partial charge in [0.05, 0.1) is 0 Å². The average molecular weight is 315 g/mol. The molecule has 0 radical (unpaired) electrons. The Morgan fingerprint density at radius 2 is 1.62 bits per heavy atom. The van der Waals surface area contributed by atoms with E-state index < -0.39 is 0 Å². The summed E-state index contributed by atoms with van der Waals surface area (Å²) in [5.41, 5.74) is 9.01. The number of nitrogen functional groups attached to an aromatic ring is 1. The minimum absolute atomic E-state index is 0.138. The van der Waals surface area contributed by atoms with Crippen molar-refractivity contribution in [2.75, 3.05) is 5.73 Å². The second-order valence-electron chi connectivity index (χ2n) is 5.60. The van der Waals surface area contributed by atoms with Crippen molar-refractivity contribution in [3.05, 3.63) is 93.3 Å². The molecule has 3 aromatic rings. The summed E-state index contributed by atoms with van der Waals surface area (Å²) in [4.78, 5) is 12.7. The van der Waals surface area contributed by atoms with Crippen LogP contribution in [0.3, 0.4) is 0 Å². The zero-order valence-electron chi connectivity index (χ0n) is 13.4. The standard InChI is InChI=1S/C20H17N3O/c1-14-18(13-21)19(24)17(12-15-8-4-2-5-9-15)20(22)23(14)16-10-6-3-7-11-16/h2-11H,12,22H2,1H3. The molecule has 0 saturated carbocycles. The minimum atomic E-state index is -0.288. The Labute approximate surface area is 140 Å². The number of rotatable bonds is 3. The van der Waals surface area contributed by atoms with Gasteiger partial charge in [-0.3, -0.25) is 9.36 Å². The molecule has 2 N–H and O–H groups in total. The van der Waals surface area contributed by atoms with E-state index in [4.69, 9.17) is 5.73 Å². The van der Waals surface area contributed by atoms with Gasteiger partial charge in [-0.25, -0.2) is 0 Å². The lowest BCUT2D eigenvalue weighted by molar-refractivity contribution is 0.949. The van der Waals surface area contributed by atoms with Gasteiger partial charge >= 0.3 is 0 Å². The molecular formula is C20H17N3O. The lowest BCUT2D eigenvalue weighted by Gasteiger charge is -2.18. The largest absolute Gasteiger partial charge is 0.384 e. The second-order valence-corrected chi connectivity index (χ2v) is 5.60. The normalized spacial score (nSPS) is 10.3. The average Bonchev–Trinajstić information content (AvgIpc) is 2.61. The summed E-state index contributed by atoms with van der Waals surface area (Å²) in [7, 11) is 0. The zero-order valence-corrected chi connectivity index (χ0v) is 13.4. The number of benzene rings is 2. The first-order valence-corrected chi connectivity index (χ1v) is 7.67. The van der Waals surface area contributed by atoms with E-state index in [1.54, 1.807) is 11.5 Å². The van der Waals surface area contributed by atoms with E-state index in [2.05, 4.69) is 0 Å². The van der Waals surface area contributed by atoms with Crippen LogP contribution in [-0.2, 0) is 6.42 Å². The van der Waals surface area contributed by atoms with Gasteiger partial charge in [0.25, 0.3) is 0 Å². The van der Waals surface area contributed by atoms with Gasteiger partial charge in [-0.05, 0) is 24.6 Å². The van der Waals surface area contributed by atoms with Gasteiger partial charge < -0.3 is 5.73 Å². The first-order valence-electron chi connectivity index (χ1n) is 7.67. The fraction of sp³-hybridized carbons (Fsp3) is 0.100. The third-order valence-electron chi connectivity index (χ3n) is 4.10. The molecule has 0 aliphatic rings. The molecule has 1 heterocycles. The molecule has 0 spiro atoms. The molecule has 0 saturated heterocycles. The molecular weight excluding hydrogens is 298 g/mol. The molecule has 0 atom stereocenters. The summed E-state index contributed by atoms with van der Waals surface area (Å²) < 4.78 is 1.78. The smallest absolute Gasteiger partial charge is 0.205 e. The minimum Gasteiger partial charge on any atom is -0.384 e. The molecule has 118 valence electrons. The fourth-order valence-electron chi connectivity index (χ4n) is 2.87. The maximum Gasteiger partial charge on any atom is 0.205 e. The Morgan fingerprint density at radius 3 is 2.21 bits per heavy atom. The molecule has 4 heteroatoms. The van der Waals surface area contributed by atoms with E-state index in [0.29, 0.717) is 23.5 Å². The van der Waals surface area contributed by atoms with Crippen LogP contribution >= 0.6 is 0 Å². The van der Waals surface area contributed by atoms with E-state index >= 15 is 0 Å². The summed E-state index contributed by atoms with van der Waals surface area (Å²) >= 11 is 0. The Bertz CT molecular complexity index is 968. The number of aromatic nitrogens is 1. The monoisotopic (exact) mass is 315 g/mol. The van der Waals surface area contributed by atoms with Crippen LogP contribution in [0.1, 0.15) is 22.4 Å². The highest BCUT2D eigenvalue weighted by Gasteiger charge is 2.18. The first kappa shape index (κ1) is 15.6. The van der Waals surface area contributed by atoms with Crippen molar-refractivity contribution in [1.29, 1.82) is 5.26 Å². The summed E-state index contributed by atoms with van der Waals surface area (Å²) in [6.45, 7) is 1.75. The van der Waals surface area contributed by atoms with E-state index in [0.717, 1.165) is 11.3 Å². The summed E-state index contributed by atoms with van der Waals surface area (Å²) in [6, 6.07) is 21.2. The van der Waals surface area contributed by atoms with Gasteiger partial charge in [-0.2, -0.15) is 5.26 Å². The Balaban J connectivity index is 2.27.